The Balaban J connectivity index is 2.09. The fourth-order valence-electron chi connectivity index (χ4n) is 2.02. The highest BCUT2D eigenvalue weighted by Gasteiger charge is 2.17. The van der Waals surface area contributed by atoms with Crippen LogP contribution in [-0.2, 0) is 12.0 Å². The Morgan fingerprint density at radius 3 is 2.60 bits per heavy atom. The number of hydrogen-bond donors (Lipinski definition) is 1. The van der Waals surface area contributed by atoms with Crippen molar-refractivity contribution in [3.05, 3.63) is 40.1 Å². The van der Waals surface area contributed by atoms with Crippen LogP contribution in [0.5, 0.6) is 0 Å². The average molecular weight is 291 g/mol. The van der Waals surface area contributed by atoms with E-state index in [0.717, 1.165) is 11.6 Å². The Morgan fingerprint density at radius 2 is 2.05 bits per heavy atom. The van der Waals surface area contributed by atoms with Gasteiger partial charge in [0.05, 0.1) is 12.2 Å². The van der Waals surface area contributed by atoms with Gasteiger partial charge in [-0.15, -0.1) is 11.3 Å². The normalized spacial score (nSPS) is 13.9. The standard InChI is InChI=1S/C16H25N3S/c1-11(2)15(17)12-6-7-19(8-12)9-14-18-13(10-20-14)16(3,4)5/h6-8,10-11,15H,9,17H2,1-5H3. The summed E-state index contributed by atoms with van der Waals surface area (Å²) in [6, 6.07) is 2.22. The molecule has 0 bridgehead atoms. The van der Waals surface area contributed by atoms with Crippen molar-refractivity contribution in [2.24, 2.45) is 11.7 Å². The van der Waals surface area contributed by atoms with Crippen LogP contribution in [0.4, 0.5) is 0 Å². The van der Waals surface area contributed by atoms with Gasteiger partial charge in [0.2, 0.25) is 0 Å². The highest BCUT2D eigenvalue weighted by Crippen LogP contribution is 2.25. The van der Waals surface area contributed by atoms with Crippen LogP contribution in [0, 0.1) is 5.92 Å². The van der Waals surface area contributed by atoms with Crippen LogP contribution < -0.4 is 5.73 Å². The zero-order chi connectivity index (χ0) is 14.9. The van der Waals surface area contributed by atoms with E-state index in [-0.39, 0.29) is 11.5 Å². The van der Waals surface area contributed by atoms with E-state index in [9.17, 15) is 0 Å². The van der Waals surface area contributed by atoms with Crippen molar-refractivity contribution in [2.45, 2.75) is 52.6 Å². The van der Waals surface area contributed by atoms with Gasteiger partial charge in [-0.2, -0.15) is 0 Å². The van der Waals surface area contributed by atoms with Crippen LogP contribution >= 0.6 is 11.3 Å². The molecule has 0 aromatic carbocycles. The van der Waals surface area contributed by atoms with Gasteiger partial charge in [-0.3, -0.25) is 0 Å². The highest BCUT2D eigenvalue weighted by atomic mass is 32.1. The van der Waals surface area contributed by atoms with Crippen molar-refractivity contribution in [1.29, 1.82) is 0 Å². The van der Waals surface area contributed by atoms with Crippen molar-refractivity contribution in [3.8, 4) is 0 Å². The van der Waals surface area contributed by atoms with E-state index in [2.05, 4.69) is 63.0 Å². The third kappa shape index (κ3) is 3.49. The highest BCUT2D eigenvalue weighted by molar-refractivity contribution is 7.09. The maximum absolute atomic E-state index is 6.18. The molecule has 110 valence electrons. The van der Waals surface area contributed by atoms with E-state index in [4.69, 9.17) is 10.7 Å². The van der Waals surface area contributed by atoms with Gasteiger partial charge in [0.1, 0.15) is 5.01 Å². The van der Waals surface area contributed by atoms with Crippen LogP contribution in [0.1, 0.15) is 56.9 Å². The van der Waals surface area contributed by atoms with Gasteiger partial charge >= 0.3 is 0 Å². The first kappa shape index (κ1) is 15.3. The molecule has 0 radical (unpaired) electrons. The summed E-state index contributed by atoms with van der Waals surface area (Å²) >= 11 is 1.73. The molecule has 3 nitrogen and oxygen atoms in total. The molecule has 2 N–H and O–H groups in total. The van der Waals surface area contributed by atoms with Gasteiger partial charge in [-0.1, -0.05) is 34.6 Å². The lowest BCUT2D eigenvalue weighted by Crippen LogP contribution is -2.16. The molecule has 2 aromatic heterocycles. The summed E-state index contributed by atoms with van der Waals surface area (Å²) in [6.45, 7) is 11.7. The van der Waals surface area contributed by atoms with Crippen LogP contribution in [0.2, 0.25) is 0 Å². The smallest absolute Gasteiger partial charge is 0.113 e. The fraction of sp³-hybridized carbons (Fsp3) is 0.562. The lowest BCUT2D eigenvalue weighted by Gasteiger charge is -2.14. The molecule has 0 aliphatic rings. The van der Waals surface area contributed by atoms with E-state index in [1.165, 1.54) is 11.3 Å². The van der Waals surface area contributed by atoms with Crippen LogP contribution in [-0.4, -0.2) is 9.55 Å². The predicted molar refractivity (Wildman–Crippen MR) is 86.1 cm³/mol. The second-order valence-corrected chi connectivity index (χ2v) is 7.71. The molecule has 0 saturated carbocycles. The number of hydrogen-bond acceptors (Lipinski definition) is 3. The van der Waals surface area contributed by atoms with E-state index >= 15 is 0 Å². The molecule has 20 heavy (non-hydrogen) atoms. The summed E-state index contributed by atoms with van der Waals surface area (Å²) in [7, 11) is 0. The lowest BCUT2D eigenvalue weighted by molar-refractivity contribution is 0.513. The third-order valence-corrected chi connectivity index (χ3v) is 4.35. The van der Waals surface area contributed by atoms with Gasteiger partial charge < -0.3 is 10.3 Å². The van der Waals surface area contributed by atoms with Crippen molar-refractivity contribution in [3.63, 3.8) is 0 Å². The van der Waals surface area contributed by atoms with Crippen molar-refractivity contribution < 1.29 is 0 Å². The van der Waals surface area contributed by atoms with Gasteiger partial charge in [-0.25, -0.2) is 4.98 Å². The zero-order valence-electron chi connectivity index (χ0n) is 13.1. The Kier molecular flexibility index (Phi) is 4.35. The van der Waals surface area contributed by atoms with E-state index < -0.39 is 0 Å². The number of nitrogens with zero attached hydrogens (tertiary/aromatic N) is 2. The van der Waals surface area contributed by atoms with Crippen molar-refractivity contribution in [2.75, 3.05) is 0 Å². The molecule has 0 aliphatic carbocycles. The molecule has 2 aromatic rings. The quantitative estimate of drug-likeness (QED) is 0.927. The predicted octanol–water partition coefficient (Wildman–Crippen LogP) is 3.95. The van der Waals surface area contributed by atoms with Crippen LogP contribution in [0.3, 0.4) is 0 Å². The number of rotatable bonds is 4. The van der Waals surface area contributed by atoms with Crippen LogP contribution in [0.25, 0.3) is 0 Å². The lowest BCUT2D eigenvalue weighted by atomic mass is 9.93. The molecule has 0 fully saturated rings. The van der Waals surface area contributed by atoms with E-state index in [0.29, 0.717) is 5.92 Å². The summed E-state index contributed by atoms with van der Waals surface area (Å²) in [5.41, 5.74) is 8.67. The first-order valence-electron chi connectivity index (χ1n) is 7.13. The summed E-state index contributed by atoms with van der Waals surface area (Å²) in [4.78, 5) is 4.73. The zero-order valence-corrected chi connectivity index (χ0v) is 13.9. The van der Waals surface area contributed by atoms with Gasteiger partial charge in [0.15, 0.2) is 0 Å². The molecule has 2 rings (SSSR count). The SMILES string of the molecule is CC(C)C(N)c1ccn(Cc2nc(C(C)(C)C)cs2)c1. The molecule has 1 unspecified atom stereocenters. The molecule has 4 heteroatoms. The minimum absolute atomic E-state index is 0.109. The number of nitrogens with two attached hydrogens (primary N) is 1. The second kappa shape index (κ2) is 5.70. The summed E-state index contributed by atoms with van der Waals surface area (Å²) < 4.78 is 2.17. The first-order valence-corrected chi connectivity index (χ1v) is 8.01. The first-order chi connectivity index (χ1) is 9.27. The largest absolute Gasteiger partial charge is 0.347 e. The fourth-order valence-corrected chi connectivity index (χ4v) is 3.05. The second-order valence-electron chi connectivity index (χ2n) is 6.76. The molecular weight excluding hydrogens is 266 g/mol. The molecule has 0 saturated heterocycles. The maximum Gasteiger partial charge on any atom is 0.113 e. The molecular formula is C16H25N3S. The monoisotopic (exact) mass is 291 g/mol. The molecule has 2 heterocycles. The van der Waals surface area contributed by atoms with Gasteiger partial charge in [-0.05, 0) is 17.5 Å². The molecule has 1 atom stereocenters. The Bertz CT molecular complexity index is 560. The van der Waals surface area contributed by atoms with E-state index in [1.807, 2.05) is 0 Å². The topological polar surface area (TPSA) is 43.8 Å². The summed E-state index contributed by atoms with van der Waals surface area (Å²) in [5, 5.41) is 3.31. The molecule has 0 aliphatic heterocycles. The van der Waals surface area contributed by atoms with Crippen molar-refractivity contribution >= 4 is 11.3 Å². The Morgan fingerprint density at radius 1 is 1.35 bits per heavy atom. The van der Waals surface area contributed by atoms with Gasteiger partial charge in [0.25, 0.3) is 0 Å². The molecule has 0 spiro atoms. The van der Waals surface area contributed by atoms with Crippen molar-refractivity contribution in [1.82, 2.24) is 9.55 Å². The average Bonchev–Trinajstić information content (AvgIpc) is 2.96. The minimum Gasteiger partial charge on any atom is -0.347 e. The maximum atomic E-state index is 6.18. The van der Waals surface area contributed by atoms with Gasteiger partial charge in [0, 0.05) is 29.2 Å². The summed E-state index contributed by atoms with van der Waals surface area (Å²) in [5.74, 6) is 0.457. The number of thiazole rings is 1. The van der Waals surface area contributed by atoms with E-state index in [1.54, 1.807) is 11.3 Å². The van der Waals surface area contributed by atoms with Crippen LogP contribution in [0.15, 0.2) is 23.8 Å². The summed E-state index contributed by atoms with van der Waals surface area (Å²) in [6.07, 6.45) is 4.23. The number of aromatic nitrogens is 2. The Hall–Kier alpha value is -1.13. The molecule has 0 amide bonds. The Labute approximate surface area is 125 Å². The third-order valence-electron chi connectivity index (χ3n) is 3.51. The minimum atomic E-state index is 0.109.